The smallest absolute Gasteiger partial charge is 0.319 e. The van der Waals surface area contributed by atoms with Crippen molar-refractivity contribution in [2.45, 2.75) is 19.8 Å². The highest BCUT2D eigenvalue weighted by Gasteiger charge is 2.27. The summed E-state index contributed by atoms with van der Waals surface area (Å²) in [5, 5.41) is 4.10. The van der Waals surface area contributed by atoms with E-state index >= 15 is 0 Å². The van der Waals surface area contributed by atoms with Crippen LogP contribution < -0.4 is 30.3 Å². The van der Waals surface area contributed by atoms with E-state index in [9.17, 15) is 14.4 Å². The Labute approximate surface area is 301 Å². The zero-order valence-electron chi connectivity index (χ0n) is 27.7. The van der Waals surface area contributed by atoms with Gasteiger partial charge in [-0.25, -0.2) is 0 Å². The normalized spacial score (nSPS) is 13.8. The summed E-state index contributed by atoms with van der Waals surface area (Å²) in [7, 11) is 0. The topological polar surface area (TPSA) is 123 Å². The highest BCUT2D eigenvalue weighted by molar-refractivity contribution is 6.39. The van der Waals surface area contributed by atoms with Crippen molar-refractivity contribution in [2.24, 2.45) is 5.73 Å². The average molecular weight is 718 g/mol. The number of ether oxygens (including phenoxy) is 3. The Hall–Kier alpha value is -4.61. The van der Waals surface area contributed by atoms with Crippen molar-refractivity contribution in [3.05, 3.63) is 82.8 Å². The van der Waals surface area contributed by atoms with Crippen LogP contribution in [-0.4, -0.2) is 70.3 Å². The van der Waals surface area contributed by atoms with Crippen LogP contribution >= 0.6 is 23.2 Å². The third-order valence-corrected chi connectivity index (χ3v) is 9.43. The number of nitrogens with one attached hydrogen (secondary N) is 1. The van der Waals surface area contributed by atoms with Crippen molar-refractivity contribution >= 4 is 52.4 Å². The van der Waals surface area contributed by atoms with Crippen molar-refractivity contribution in [2.75, 3.05) is 62.3 Å². The van der Waals surface area contributed by atoms with Crippen molar-refractivity contribution in [1.29, 1.82) is 0 Å². The second-order valence-corrected chi connectivity index (χ2v) is 12.6. The van der Waals surface area contributed by atoms with Gasteiger partial charge < -0.3 is 35.1 Å². The first-order chi connectivity index (χ1) is 24.3. The number of anilines is 2. The first-order valence-corrected chi connectivity index (χ1v) is 17.3. The standard InChI is InChI=1S/C38H38Cl2N4O6/c1-2-48-36(47)21-42-16-6-18-44-31-14-12-25(20-33(31)50-23-35(44)46)27-8-4-10-29(38(27)40)28-9-3-7-26(37(28)39)24-11-13-30-32(19-24)49-22-34(45)43(30)17-5-15-41/h3-4,7-14,19-20,42H,2,5-6,15-18,21-23,41H2,1H3. The summed E-state index contributed by atoms with van der Waals surface area (Å²) in [5.41, 5.74) is 11.9. The van der Waals surface area contributed by atoms with Crippen LogP contribution in [0.15, 0.2) is 72.8 Å². The number of hydrogen-bond acceptors (Lipinski definition) is 8. The molecule has 4 aromatic rings. The second kappa shape index (κ2) is 15.9. The number of carbonyl (C=O) groups excluding carboxylic acids is 3. The zero-order chi connectivity index (χ0) is 35.2. The van der Waals surface area contributed by atoms with E-state index < -0.39 is 0 Å². The molecule has 4 aromatic carbocycles. The highest BCUT2D eigenvalue weighted by atomic mass is 35.5. The molecule has 6 rings (SSSR count). The van der Waals surface area contributed by atoms with Crippen molar-refractivity contribution in [1.82, 2.24) is 5.32 Å². The van der Waals surface area contributed by atoms with Gasteiger partial charge in [-0.3, -0.25) is 14.4 Å². The molecule has 12 heteroatoms. The van der Waals surface area contributed by atoms with Gasteiger partial charge in [0.05, 0.1) is 34.6 Å². The van der Waals surface area contributed by atoms with Crippen molar-refractivity contribution in [3.8, 4) is 44.9 Å². The number of rotatable bonds is 13. The van der Waals surface area contributed by atoms with E-state index in [2.05, 4.69) is 5.32 Å². The van der Waals surface area contributed by atoms with Gasteiger partial charge in [0, 0.05) is 35.3 Å². The van der Waals surface area contributed by atoms with Crippen molar-refractivity contribution < 1.29 is 28.6 Å². The van der Waals surface area contributed by atoms with Gasteiger partial charge in [0.15, 0.2) is 13.2 Å². The maximum atomic E-state index is 12.8. The monoisotopic (exact) mass is 716 g/mol. The summed E-state index contributed by atoms with van der Waals surface area (Å²) in [6.45, 7) is 4.17. The molecule has 0 saturated carbocycles. The highest BCUT2D eigenvalue weighted by Crippen LogP contribution is 2.45. The number of hydrogen-bond donors (Lipinski definition) is 2. The fraction of sp³-hybridized carbons (Fsp3) is 0.289. The van der Waals surface area contributed by atoms with Gasteiger partial charge in [0.25, 0.3) is 11.8 Å². The van der Waals surface area contributed by atoms with E-state index in [1.54, 1.807) is 16.7 Å². The second-order valence-electron chi connectivity index (χ2n) is 11.8. The quantitative estimate of drug-likeness (QED) is 0.122. The molecule has 0 aromatic heterocycles. The fourth-order valence-corrected chi connectivity index (χ4v) is 6.85. The van der Waals surface area contributed by atoms with Crippen LogP contribution in [0.25, 0.3) is 33.4 Å². The maximum Gasteiger partial charge on any atom is 0.319 e. The minimum Gasteiger partial charge on any atom is -0.482 e. The summed E-state index contributed by atoms with van der Waals surface area (Å²) in [6.07, 6.45) is 1.33. The van der Waals surface area contributed by atoms with Gasteiger partial charge in [-0.05, 0) is 68.2 Å². The molecule has 0 saturated heterocycles. The molecule has 0 atom stereocenters. The lowest BCUT2D eigenvalue weighted by molar-refractivity contribution is -0.142. The van der Waals surface area contributed by atoms with Crippen LogP contribution in [0.2, 0.25) is 10.0 Å². The van der Waals surface area contributed by atoms with E-state index in [0.717, 1.165) is 33.4 Å². The lowest BCUT2D eigenvalue weighted by Gasteiger charge is -2.30. The van der Waals surface area contributed by atoms with E-state index in [-0.39, 0.29) is 37.5 Å². The number of nitrogens with zero attached hydrogens (tertiary/aromatic N) is 2. The Bertz CT molecular complexity index is 1920. The minimum absolute atomic E-state index is 0.0324. The Morgan fingerprint density at radius 3 is 1.78 bits per heavy atom. The molecule has 2 heterocycles. The molecule has 260 valence electrons. The zero-order valence-corrected chi connectivity index (χ0v) is 29.2. The number of fused-ring (bicyclic) bond motifs is 2. The van der Waals surface area contributed by atoms with Crippen LogP contribution in [-0.2, 0) is 19.1 Å². The number of nitrogens with two attached hydrogens (primary N) is 1. The SMILES string of the molecule is CCOC(=O)CNCCCN1C(=O)COc2cc(-c3cccc(-c4cccc(-c5ccc6c(c5)OCC(=O)N6CCCN)c4Cl)c3Cl)ccc21. The van der Waals surface area contributed by atoms with E-state index in [4.69, 9.17) is 43.1 Å². The lowest BCUT2D eigenvalue weighted by Crippen LogP contribution is -2.40. The summed E-state index contributed by atoms with van der Waals surface area (Å²) in [5.74, 6) is 0.664. The van der Waals surface area contributed by atoms with Crippen LogP contribution in [0.1, 0.15) is 19.8 Å². The van der Waals surface area contributed by atoms with Crippen LogP contribution in [0.3, 0.4) is 0 Å². The van der Waals surface area contributed by atoms with Gasteiger partial charge in [0.2, 0.25) is 0 Å². The molecule has 10 nitrogen and oxygen atoms in total. The number of halogens is 2. The molecule has 0 radical (unpaired) electrons. The molecular weight excluding hydrogens is 679 g/mol. The lowest BCUT2D eigenvalue weighted by atomic mass is 9.95. The summed E-state index contributed by atoms with van der Waals surface area (Å²) >= 11 is 14.2. The fourth-order valence-electron chi connectivity index (χ4n) is 6.17. The van der Waals surface area contributed by atoms with E-state index in [1.165, 1.54) is 0 Å². The Morgan fingerprint density at radius 1 is 0.780 bits per heavy atom. The summed E-state index contributed by atoms with van der Waals surface area (Å²) in [4.78, 5) is 40.3. The van der Waals surface area contributed by atoms with Crippen LogP contribution in [0.5, 0.6) is 11.5 Å². The molecule has 0 fully saturated rings. The first kappa shape index (κ1) is 35.2. The molecule has 2 aliphatic rings. The average Bonchev–Trinajstić information content (AvgIpc) is 3.12. The van der Waals surface area contributed by atoms with Crippen LogP contribution in [0, 0.1) is 0 Å². The van der Waals surface area contributed by atoms with Crippen molar-refractivity contribution in [3.63, 3.8) is 0 Å². The van der Waals surface area contributed by atoms with Gasteiger partial charge in [0.1, 0.15) is 11.5 Å². The molecule has 0 aliphatic carbocycles. The number of amides is 2. The predicted molar refractivity (Wildman–Crippen MR) is 196 cm³/mol. The first-order valence-electron chi connectivity index (χ1n) is 16.6. The molecule has 0 unspecified atom stereocenters. The van der Waals surface area contributed by atoms with Gasteiger partial charge in [-0.15, -0.1) is 0 Å². The predicted octanol–water partition coefficient (Wildman–Crippen LogP) is 6.34. The Kier molecular flexibility index (Phi) is 11.2. The van der Waals surface area contributed by atoms with Gasteiger partial charge in [-0.1, -0.05) is 71.7 Å². The molecule has 3 N–H and O–H groups in total. The van der Waals surface area contributed by atoms with Crippen LogP contribution in [0.4, 0.5) is 11.4 Å². The number of carbonyl (C=O) groups is 3. The number of esters is 1. The van der Waals surface area contributed by atoms with Gasteiger partial charge in [-0.2, -0.15) is 0 Å². The molecule has 0 spiro atoms. The third-order valence-electron chi connectivity index (χ3n) is 8.61. The maximum absolute atomic E-state index is 12.8. The largest absolute Gasteiger partial charge is 0.482 e. The summed E-state index contributed by atoms with van der Waals surface area (Å²) < 4.78 is 16.6. The Morgan fingerprint density at radius 2 is 1.28 bits per heavy atom. The number of benzene rings is 4. The Balaban J connectivity index is 1.23. The molecular formula is C38H38Cl2N4O6. The van der Waals surface area contributed by atoms with E-state index in [1.807, 2.05) is 72.8 Å². The molecule has 0 bridgehead atoms. The molecule has 50 heavy (non-hydrogen) atoms. The van der Waals surface area contributed by atoms with E-state index in [0.29, 0.717) is 78.5 Å². The van der Waals surface area contributed by atoms with Gasteiger partial charge >= 0.3 is 5.97 Å². The third kappa shape index (κ3) is 7.44. The summed E-state index contributed by atoms with van der Waals surface area (Å²) in [6, 6.07) is 23.0. The molecule has 2 aliphatic heterocycles. The minimum atomic E-state index is -0.305. The molecule has 2 amide bonds.